The summed E-state index contributed by atoms with van der Waals surface area (Å²) in [6.45, 7) is 5.52. The van der Waals surface area contributed by atoms with Gasteiger partial charge < -0.3 is 15.5 Å². The van der Waals surface area contributed by atoms with Crippen LogP contribution in [0.4, 0.5) is 32.0 Å². The number of halogens is 6. The van der Waals surface area contributed by atoms with Gasteiger partial charge in [-0.15, -0.1) is 11.3 Å². The number of piperidine rings is 1. The number of amides is 1. The van der Waals surface area contributed by atoms with Crippen LogP contribution in [0.25, 0.3) is 0 Å². The first kappa shape index (κ1) is 30.0. The number of nitrogens with zero attached hydrogens (tertiary/aromatic N) is 2. The molecule has 204 valence electrons. The molecule has 1 saturated heterocycles. The fourth-order valence-electron chi connectivity index (χ4n) is 3.82. The third-order valence-electron chi connectivity index (χ3n) is 5.47. The Labute approximate surface area is 210 Å². The molecule has 1 aliphatic heterocycles. The van der Waals surface area contributed by atoms with E-state index in [1.54, 1.807) is 12.4 Å². The number of fused-ring (bicyclic) bond motifs is 1. The van der Waals surface area contributed by atoms with Gasteiger partial charge in [0, 0.05) is 42.0 Å². The predicted molar refractivity (Wildman–Crippen MR) is 120 cm³/mol. The minimum Gasteiger partial charge on any atom is -0.475 e. The number of carboxylic acids is 2. The molecule has 3 heterocycles. The average Bonchev–Trinajstić information content (AvgIpc) is 3.10. The molecule has 2 aromatic heterocycles. The van der Waals surface area contributed by atoms with Gasteiger partial charge in [0.15, 0.2) is 0 Å². The second-order valence-corrected chi connectivity index (χ2v) is 9.67. The zero-order valence-electron chi connectivity index (χ0n) is 19.2. The highest BCUT2D eigenvalue weighted by Gasteiger charge is 2.55. The molecule has 0 bridgehead atoms. The molecule has 8 nitrogen and oxygen atoms in total. The normalized spacial score (nSPS) is 20.5. The Morgan fingerprint density at radius 2 is 1.57 bits per heavy atom. The van der Waals surface area contributed by atoms with Gasteiger partial charge in [0.05, 0.1) is 11.9 Å². The van der Waals surface area contributed by atoms with Crippen molar-refractivity contribution in [3.05, 3.63) is 46.4 Å². The monoisotopic (exact) mass is 555 g/mol. The van der Waals surface area contributed by atoms with Crippen LogP contribution in [0.3, 0.4) is 0 Å². The molecule has 2 aliphatic rings. The van der Waals surface area contributed by atoms with Gasteiger partial charge in [-0.2, -0.15) is 26.3 Å². The van der Waals surface area contributed by atoms with Gasteiger partial charge in [-0.1, -0.05) is 0 Å². The van der Waals surface area contributed by atoms with Crippen LogP contribution in [-0.4, -0.2) is 63.4 Å². The lowest BCUT2D eigenvalue weighted by Crippen LogP contribution is -2.25. The van der Waals surface area contributed by atoms with E-state index in [1.165, 1.54) is 9.75 Å². The third kappa shape index (κ3) is 9.99. The van der Waals surface area contributed by atoms with Crippen molar-refractivity contribution in [2.75, 3.05) is 18.4 Å². The highest BCUT2D eigenvalue weighted by Crippen LogP contribution is 2.53. The van der Waals surface area contributed by atoms with Crippen LogP contribution in [0.15, 0.2) is 36.7 Å². The zero-order valence-corrected chi connectivity index (χ0v) is 20.0. The highest BCUT2D eigenvalue weighted by atomic mass is 32.1. The van der Waals surface area contributed by atoms with Gasteiger partial charge >= 0.3 is 24.3 Å². The minimum atomic E-state index is -5.08. The Morgan fingerprint density at radius 3 is 1.97 bits per heavy atom. The van der Waals surface area contributed by atoms with Crippen molar-refractivity contribution in [2.24, 2.45) is 17.8 Å². The number of alkyl halides is 6. The quantitative estimate of drug-likeness (QED) is 0.467. The summed E-state index contributed by atoms with van der Waals surface area (Å²) >= 11 is 1.89. The van der Waals surface area contributed by atoms with E-state index in [4.69, 9.17) is 19.8 Å². The number of carbonyl (C=O) groups excluding carboxylic acids is 1. The number of likely N-dealkylation sites (tertiary alicyclic amines) is 1. The molecule has 15 heteroatoms. The number of rotatable bonds is 5. The van der Waals surface area contributed by atoms with Crippen molar-refractivity contribution in [3.8, 4) is 0 Å². The summed E-state index contributed by atoms with van der Waals surface area (Å²) in [6.07, 6.45) is -6.11. The van der Waals surface area contributed by atoms with Crippen LogP contribution in [0, 0.1) is 24.7 Å². The van der Waals surface area contributed by atoms with Crippen LogP contribution in [0.1, 0.15) is 16.2 Å². The van der Waals surface area contributed by atoms with Gasteiger partial charge in [0.2, 0.25) is 5.91 Å². The number of aliphatic carboxylic acids is 2. The Bertz CT molecular complexity index is 1040. The van der Waals surface area contributed by atoms with Crippen LogP contribution in [-0.2, 0) is 20.9 Å². The lowest BCUT2D eigenvalue weighted by atomic mass is 10.2. The zero-order chi connectivity index (χ0) is 28.0. The first-order valence-corrected chi connectivity index (χ1v) is 11.5. The maximum Gasteiger partial charge on any atom is 0.490 e. The minimum absolute atomic E-state index is 0.123. The fourth-order valence-corrected chi connectivity index (χ4v) is 4.75. The van der Waals surface area contributed by atoms with Crippen LogP contribution in [0.5, 0.6) is 0 Å². The average molecular weight is 555 g/mol. The van der Waals surface area contributed by atoms with E-state index in [0.717, 1.165) is 37.2 Å². The van der Waals surface area contributed by atoms with Crippen molar-refractivity contribution >= 4 is 34.9 Å². The van der Waals surface area contributed by atoms with E-state index in [2.05, 4.69) is 34.3 Å². The molecule has 2 fully saturated rings. The molecule has 3 N–H and O–H groups in total. The second-order valence-electron chi connectivity index (χ2n) is 8.30. The molecule has 37 heavy (non-hydrogen) atoms. The number of hydrogen-bond donors (Lipinski definition) is 3. The number of thiophene rings is 1. The Morgan fingerprint density at radius 1 is 1.03 bits per heavy atom. The standard InChI is InChI=1S/C18H21N3OS.2C2HF3O2/c1-12-4-5-14(23-12)9-21-10-16-15(17(16)11-21)7-18(22)20-13-3-2-6-19-8-13;2*3-2(4,5)1(6)7/h2-6,8,15-17H,7,9-11H2,1H3,(H,20,22);2*(H,6,7)/t15?,16-,17+;;. The van der Waals surface area contributed by atoms with Gasteiger partial charge in [0.25, 0.3) is 0 Å². The van der Waals surface area contributed by atoms with Crippen molar-refractivity contribution in [1.29, 1.82) is 0 Å². The van der Waals surface area contributed by atoms with Gasteiger partial charge in [-0.3, -0.25) is 14.7 Å². The van der Waals surface area contributed by atoms with E-state index in [0.29, 0.717) is 12.3 Å². The Hall–Kier alpha value is -3.20. The fraction of sp³-hybridized carbons (Fsp3) is 0.455. The van der Waals surface area contributed by atoms with Gasteiger partial charge in [0.1, 0.15) is 0 Å². The van der Waals surface area contributed by atoms with Crippen molar-refractivity contribution in [2.45, 2.75) is 32.2 Å². The van der Waals surface area contributed by atoms with E-state index in [9.17, 15) is 31.1 Å². The lowest BCUT2D eigenvalue weighted by Gasteiger charge is -2.18. The maximum atomic E-state index is 12.1. The molecule has 1 aliphatic carbocycles. The van der Waals surface area contributed by atoms with Crippen LogP contribution >= 0.6 is 11.3 Å². The maximum absolute atomic E-state index is 12.1. The molecule has 1 amide bonds. The van der Waals surface area contributed by atoms with Gasteiger partial charge in [-0.05, 0) is 48.9 Å². The summed E-state index contributed by atoms with van der Waals surface area (Å²) < 4.78 is 63.5. The summed E-state index contributed by atoms with van der Waals surface area (Å²) in [6, 6.07) is 8.15. The third-order valence-corrected chi connectivity index (χ3v) is 6.46. The molecule has 1 saturated carbocycles. The Balaban J connectivity index is 0.000000286. The number of aryl methyl sites for hydroxylation is 1. The molecule has 2 aromatic rings. The smallest absolute Gasteiger partial charge is 0.475 e. The van der Waals surface area contributed by atoms with Crippen LogP contribution < -0.4 is 5.32 Å². The summed E-state index contributed by atoms with van der Waals surface area (Å²) in [5.74, 6) is -3.38. The summed E-state index contributed by atoms with van der Waals surface area (Å²) in [5.41, 5.74) is 0.790. The van der Waals surface area contributed by atoms with Crippen LogP contribution in [0.2, 0.25) is 0 Å². The lowest BCUT2D eigenvalue weighted by molar-refractivity contribution is -0.193. The number of hydrogen-bond acceptors (Lipinski definition) is 6. The molecule has 0 aromatic carbocycles. The van der Waals surface area contributed by atoms with E-state index >= 15 is 0 Å². The van der Waals surface area contributed by atoms with E-state index in [1.807, 2.05) is 23.5 Å². The van der Waals surface area contributed by atoms with Gasteiger partial charge in [-0.25, -0.2) is 9.59 Å². The van der Waals surface area contributed by atoms with Crippen molar-refractivity contribution in [3.63, 3.8) is 0 Å². The van der Waals surface area contributed by atoms with E-state index in [-0.39, 0.29) is 5.91 Å². The summed E-state index contributed by atoms with van der Waals surface area (Å²) in [4.78, 5) is 39.3. The molecule has 3 atom stereocenters. The highest BCUT2D eigenvalue weighted by molar-refractivity contribution is 7.11. The predicted octanol–water partition coefficient (Wildman–Crippen LogP) is 4.42. The number of carboxylic acid groups (broad SMARTS) is 2. The second kappa shape index (κ2) is 12.4. The first-order valence-electron chi connectivity index (χ1n) is 10.7. The van der Waals surface area contributed by atoms with Crippen molar-refractivity contribution < 1.29 is 50.9 Å². The molecule has 1 unspecified atom stereocenters. The Kier molecular flexibility index (Phi) is 10.0. The molecular weight excluding hydrogens is 532 g/mol. The number of anilines is 1. The SMILES string of the molecule is Cc1ccc(CN2C[C@@H]3C(CC(=O)Nc4cccnc4)[C@@H]3C2)s1.O=C(O)C(F)(F)F.O=C(O)C(F)(F)F. The number of nitrogens with one attached hydrogen (secondary N) is 1. The number of aromatic nitrogens is 1. The number of carbonyl (C=O) groups is 3. The van der Waals surface area contributed by atoms with Crippen molar-refractivity contribution in [1.82, 2.24) is 9.88 Å². The molecular formula is C22H23F6N3O5S. The first-order chi connectivity index (χ1) is 17.1. The molecule has 0 radical (unpaired) electrons. The topological polar surface area (TPSA) is 120 Å². The van der Waals surface area contributed by atoms with E-state index < -0.39 is 24.3 Å². The summed E-state index contributed by atoms with van der Waals surface area (Å²) in [7, 11) is 0. The summed E-state index contributed by atoms with van der Waals surface area (Å²) in [5, 5.41) is 17.2. The molecule has 0 spiro atoms. The largest absolute Gasteiger partial charge is 0.490 e. The number of pyridine rings is 1. The molecule has 4 rings (SSSR count).